The first-order chi connectivity index (χ1) is 7.25. The van der Waals surface area contributed by atoms with E-state index in [4.69, 9.17) is 15.6 Å². The van der Waals surface area contributed by atoms with Crippen LogP contribution in [-0.2, 0) is 0 Å². The van der Waals surface area contributed by atoms with Crippen LogP contribution in [0.5, 0.6) is 5.75 Å². The molecule has 0 saturated heterocycles. The van der Waals surface area contributed by atoms with Crippen LogP contribution in [0.1, 0.15) is 24.8 Å². The van der Waals surface area contributed by atoms with Gasteiger partial charge in [-0.05, 0) is 37.8 Å². The third-order valence-electron chi connectivity index (χ3n) is 2.34. The average Bonchev–Trinajstić information content (AvgIpc) is 2.24. The first kappa shape index (κ1) is 11.9. The molecule has 0 heterocycles. The van der Waals surface area contributed by atoms with Crippen molar-refractivity contribution in [2.24, 2.45) is 0 Å². The van der Waals surface area contributed by atoms with Crippen LogP contribution in [-0.4, -0.2) is 18.3 Å². The normalized spacial score (nSPS) is 10.3. The third-order valence-corrected chi connectivity index (χ3v) is 2.34. The number of nitrogen functional groups attached to an aromatic ring is 1. The molecule has 3 N–H and O–H groups in total. The van der Waals surface area contributed by atoms with Gasteiger partial charge >= 0.3 is 0 Å². The summed E-state index contributed by atoms with van der Waals surface area (Å²) in [6, 6.07) is 5.79. The number of hydrogen-bond acceptors (Lipinski definition) is 3. The van der Waals surface area contributed by atoms with Gasteiger partial charge < -0.3 is 15.6 Å². The highest BCUT2D eigenvalue weighted by Crippen LogP contribution is 2.24. The number of aliphatic hydroxyl groups excluding tert-OH is 1. The highest BCUT2D eigenvalue weighted by molar-refractivity contribution is 5.57. The number of benzene rings is 1. The summed E-state index contributed by atoms with van der Waals surface area (Å²) < 4.78 is 5.56. The molecular weight excluding hydrogens is 190 g/mol. The smallest absolute Gasteiger partial charge is 0.142 e. The number of para-hydroxylation sites is 1. The molecule has 0 amide bonds. The van der Waals surface area contributed by atoms with Crippen molar-refractivity contribution in [3.8, 4) is 5.75 Å². The van der Waals surface area contributed by atoms with E-state index in [1.165, 1.54) is 0 Å². The Kier molecular flexibility index (Phi) is 4.98. The fraction of sp³-hybridized carbons (Fsp3) is 0.500. The van der Waals surface area contributed by atoms with Gasteiger partial charge in [0.05, 0.1) is 12.3 Å². The van der Waals surface area contributed by atoms with Crippen LogP contribution in [0.15, 0.2) is 18.2 Å². The molecule has 0 aliphatic rings. The Morgan fingerprint density at radius 3 is 2.80 bits per heavy atom. The molecule has 0 aliphatic heterocycles. The van der Waals surface area contributed by atoms with Gasteiger partial charge in [0.1, 0.15) is 5.75 Å². The SMILES string of the molecule is Cc1cccc(OCCCCCO)c1N. The molecule has 0 saturated carbocycles. The van der Waals surface area contributed by atoms with E-state index in [0.717, 1.165) is 36.3 Å². The number of aliphatic hydroxyl groups is 1. The molecule has 84 valence electrons. The monoisotopic (exact) mass is 209 g/mol. The molecule has 3 heteroatoms. The van der Waals surface area contributed by atoms with Crippen LogP contribution < -0.4 is 10.5 Å². The van der Waals surface area contributed by atoms with Crippen molar-refractivity contribution in [3.05, 3.63) is 23.8 Å². The summed E-state index contributed by atoms with van der Waals surface area (Å²) in [6.07, 6.45) is 2.78. The van der Waals surface area contributed by atoms with Gasteiger partial charge in [-0.25, -0.2) is 0 Å². The van der Waals surface area contributed by atoms with Crippen LogP contribution in [0.2, 0.25) is 0 Å². The van der Waals surface area contributed by atoms with Crippen molar-refractivity contribution in [3.63, 3.8) is 0 Å². The standard InChI is InChI=1S/C12H19NO2/c1-10-6-5-7-11(12(10)13)15-9-4-2-3-8-14/h5-7,14H,2-4,8-9,13H2,1H3. The van der Waals surface area contributed by atoms with E-state index in [9.17, 15) is 0 Å². The van der Waals surface area contributed by atoms with E-state index < -0.39 is 0 Å². The fourth-order valence-electron chi connectivity index (χ4n) is 1.35. The van der Waals surface area contributed by atoms with Gasteiger partial charge in [-0.1, -0.05) is 12.1 Å². The Labute approximate surface area is 90.9 Å². The molecule has 1 aromatic rings. The second-order valence-corrected chi connectivity index (χ2v) is 3.62. The van der Waals surface area contributed by atoms with Crippen molar-refractivity contribution in [1.29, 1.82) is 0 Å². The number of ether oxygens (including phenoxy) is 1. The second-order valence-electron chi connectivity index (χ2n) is 3.62. The molecule has 0 radical (unpaired) electrons. The zero-order chi connectivity index (χ0) is 11.1. The molecule has 0 atom stereocenters. The van der Waals surface area contributed by atoms with Crippen LogP contribution in [0.25, 0.3) is 0 Å². The molecule has 15 heavy (non-hydrogen) atoms. The minimum atomic E-state index is 0.257. The number of aryl methyl sites for hydroxylation is 1. The largest absolute Gasteiger partial charge is 0.491 e. The fourth-order valence-corrected chi connectivity index (χ4v) is 1.35. The van der Waals surface area contributed by atoms with Crippen LogP contribution in [0.4, 0.5) is 5.69 Å². The molecule has 1 rings (SSSR count). The number of unbranched alkanes of at least 4 members (excludes halogenated alkanes) is 2. The number of rotatable bonds is 6. The molecule has 3 nitrogen and oxygen atoms in total. The Morgan fingerprint density at radius 1 is 1.27 bits per heavy atom. The summed E-state index contributed by atoms with van der Waals surface area (Å²) >= 11 is 0. The Balaban J connectivity index is 2.34. The molecule has 0 aliphatic carbocycles. The van der Waals surface area contributed by atoms with Gasteiger partial charge in [0.2, 0.25) is 0 Å². The molecule has 1 aromatic carbocycles. The van der Waals surface area contributed by atoms with Gasteiger partial charge in [-0.15, -0.1) is 0 Å². The number of hydrogen-bond donors (Lipinski definition) is 2. The van der Waals surface area contributed by atoms with Crippen molar-refractivity contribution >= 4 is 5.69 Å². The van der Waals surface area contributed by atoms with E-state index in [1.807, 2.05) is 25.1 Å². The summed E-state index contributed by atoms with van der Waals surface area (Å²) in [5.74, 6) is 0.763. The summed E-state index contributed by atoms with van der Waals surface area (Å²) in [5, 5.41) is 8.60. The minimum absolute atomic E-state index is 0.257. The van der Waals surface area contributed by atoms with Crippen LogP contribution in [0.3, 0.4) is 0 Å². The zero-order valence-electron chi connectivity index (χ0n) is 9.20. The van der Waals surface area contributed by atoms with Crippen molar-refractivity contribution in [1.82, 2.24) is 0 Å². The van der Waals surface area contributed by atoms with Gasteiger partial charge in [0.25, 0.3) is 0 Å². The molecule has 0 fully saturated rings. The van der Waals surface area contributed by atoms with Gasteiger partial charge in [0, 0.05) is 6.61 Å². The lowest BCUT2D eigenvalue weighted by Gasteiger charge is -2.10. The van der Waals surface area contributed by atoms with Crippen molar-refractivity contribution in [2.75, 3.05) is 18.9 Å². The summed E-state index contributed by atoms with van der Waals surface area (Å²) in [7, 11) is 0. The van der Waals surface area contributed by atoms with Gasteiger partial charge in [-0.3, -0.25) is 0 Å². The lowest BCUT2D eigenvalue weighted by Crippen LogP contribution is -2.01. The predicted octanol–water partition coefficient (Wildman–Crippen LogP) is 2.12. The highest BCUT2D eigenvalue weighted by atomic mass is 16.5. The Morgan fingerprint density at radius 2 is 2.07 bits per heavy atom. The second kappa shape index (κ2) is 6.30. The summed E-state index contributed by atoms with van der Waals surface area (Å²) in [6.45, 7) is 2.88. The topological polar surface area (TPSA) is 55.5 Å². The maximum absolute atomic E-state index is 8.60. The first-order valence-electron chi connectivity index (χ1n) is 5.34. The van der Waals surface area contributed by atoms with Crippen LogP contribution in [0, 0.1) is 6.92 Å². The summed E-state index contributed by atoms with van der Waals surface area (Å²) in [5.41, 5.74) is 7.62. The number of anilines is 1. The summed E-state index contributed by atoms with van der Waals surface area (Å²) in [4.78, 5) is 0. The van der Waals surface area contributed by atoms with Crippen molar-refractivity contribution in [2.45, 2.75) is 26.2 Å². The molecule has 0 unspecified atom stereocenters. The quantitative estimate of drug-likeness (QED) is 0.557. The van der Waals surface area contributed by atoms with Gasteiger partial charge in [0.15, 0.2) is 0 Å². The molecular formula is C12H19NO2. The third kappa shape index (κ3) is 3.80. The Hall–Kier alpha value is -1.22. The zero-order valence-corrected chi connectivity index (χ0v) is 9.20. The maximum Gasteiger partial charge on any atom is 0.142 e. The average molecular weight is 209 g/mol. The molecule has 0 aromatic heterocycles. The van der Waals surface area contributed by atoms with Gasteiger partial charge in [-0.2, -0.15) is 0 Å². The molecule has 0 spiro atoms. The Bertz CT molecular complexity index is 300. The van der Waals surface area contributed by atoms with E-state index in [1.54, 1.807) is 0 Å². The minimum Gasteiger partial charge on any atom is -0.491 e. The van der Waals surface area contributed by atoms with E-state index in [2.05, 4.69) is 0 Å². The van der Waals surface area contributed by atoms with Crippen molar-refractivity contribution < 1.29 is 9.84 Å². The van der Waals surface area contributed by atoms with E-state index >= 15 is 0 Å². The molecule has 0 bridgehead atoms. The predicted molar refractivity (Wildman–Crippen MR) is 62.0 cm³/mol. The first-order valence-corrected chi connectivity index (χ1v) is 5.34. The van der Waals surface area contributed by atoms with Crippen LogP contribution >= 0.6 is 0 Å². The number of nitrogens with two attached hydrogens (primary N) is 1. The highest BCUT2D eigenvalue weighted by Gasteiger charge is 2.01. The van der Waals surface area contributed by atoms with E-state index in [0.29, 0.717) is 6.61 Å². The van der Waals surface area contributed by atoms with E-state index in [-0.39, 0.29) is 6.61 Å². The maximum atomic E-state index is 8.60. The lowest BCUT2D eigenvalue weighted by molar-refractivity contribution is 0.266. The lowest BCUT2D eigenvalue weighted by atomic mass is 10.2.